The summed E-state index contributed by atoms with van der Waals surface area (Å²) in [5, 5.41) is 16.2. The van der Waals surface area contributed by atoms with Crippen molar-refractivity contribution in [1.82, 2.24) is 5.32 Å². The van der Waals surface area contributed by atoms with Crippen LogP contribution in [0.3, 0.4) is 0 Å². The molecule has 3 atom stereocenters. The van der Waals surface area contributed by atoms with Crippen LogP contribution in [0.2, 0.25) is 0 Å². The summed E-state index contributed by atoms with van der Waals surface area (Å²) in [6.07, 6.45) is -0.212. The maximum Gasteiger partial charge on any atom is 0.319 e. The normalized spacial score (nSPS) is 19.2. The van der Waals surface area contributed by atoms with E-state index in [1.807, 2.05) is 30.3 Å². The van der Waals surface area contributed by atoms with Gasteiger partial charge in [0.15, 0.2) is 0 Å². The van der Waals surface area contributed by atoms with Gasteiger partial charge in [0.05, 0.1) is 24.9 Å². The van der Waals surface area contributed by atoms with Crippen molar-refractivity contribution in [2.24, 2.45) is 0 Å². The van der Waals surface area contributed by atoms with Gasteiger partial charge in [-0.05, 0) is 47.6 Å². The molecule has 0 saturated carbocycles. The number of carbonyl (C=O) groups is 1. The summed E-state index contributed by atoms with van der Waals surface area (Å²) in [7, 11) is 3.19. The molecular weight excluding hydrogens is 380 g/mol. The molecule has 0 fully saturated rings. The van der Waals surface area contributed by atoms with E-state index >= 15 is 0 Å². The molecule has 0 unspecified atom stereocenters. The third kappa shape index (κ3) is 4.45. The Labute approximate surface area is 178 Å². The summed E-state index contributed by atoms with van der Waals surface area (Å²) in [5.41, 5.74) is 4.30. The summed E-state index contributed by atoms with van der Waals surface area (Å²) in [6.45, 7) is 7.95. The highest BCUT2D eigenvalue weighted by Gasteiger charge is 2.33. The number of amides is 2. The monoisotopic (exact) mass is 412 g/mol. The lowest BCUT2D eigenvalue weighted by molar-refractivity contribution is 0.0817. The number of benzene rings is 2. The lowest BCUT2D eigenvalue weighted by Crippen LogP contribution is -2.41. The summed E-state index contributed by atoms with van der Waals surface area (Å²) in [5.74, 6) is 0.464. The fourth-order valence-electron chi connectivity index (χ4n) is 4.02. The van der Waals surface area contributed by atoms with E-state index in [4.69, 9.17) is 9.47 Å². The second-order valence-electron chi connectivity index (χ2n) is 8.84. The number of fused-ring (bicyclic) bond motifs is 1. The fraction of sp³-hybridized carbons (Fsp3) is 0.458. The molecule has 162 valence electrons. The van der Waals surface area contributed by atoms with E-state index in [1.54, 1.807) is 14.0 Å². The second kappa shape index (κ2) is 8.66. The number of methoxy groups -OCH3 is 2. The molecule has 0 heterocycles. The second-order valence-corrected chi connectivity index (χ2v) is 8.84. The zero-order valence-corrected chi connectivity index (χ0v) is 18.6. The van der Waals surface area contributed by atoms with E-state index in [9.17, 15) is 9.90 Å². The van der Waals surface area contributed by atoms with Crippen LogP contribution < -0.4 is 15.4 Å². The molecule has 2 amide bonds. The quantitative estimate of drug-likeness (QED) is 0.676. The van der Waals surface area contributed by atoms with Crippen LogP contribution in [-0.4, -0.2) is 31.4 Å². The van der Waals surface area contributed by atoms with Gasteiger partial charge in [-0.1, -0.05) is 45.0 Å². The van der Waals surface area contributed by atoms with E-state index in [0.717, 1.165) is 11.1 Å². The first-order chi connectivity index (χ1) is 14.2. The van der Waals surface area contributed by atoms with Crippen molar-refractivity contribution < 1.29 is 19.4 Å². The lowest BCUT2D eigenvalue weighted by atomic mass is 9.85. The number of carbonyl (C=O) groups excluding carboxylic acids is 1. The highest BCUT2D eigenvalue weighted by Crippen LogP contribution is 2.38. The molecule has 0 bridgehead atoms. The zero-order chi connectivity index (χ0) is 22.1. The van der Waals surface area contributed by atoms with Crippen LogP contribution in [0.4, 0.5) is 10.5 Å². The summed E-state index contributed by atoms with van der Waals surface area (Å²) in [4.78, 5) is 12.9. The van der Waals surface area contributed by atoms with Gasteiger partial charge in [-0.15, -0.1) is 0 Å². The Morgan fingerprint density at radius 1 is 1.20 bits per heavy atom. The summed E-state index contributed by atoms with van der Waals surface area (Å²) in [6, 6.07) is 11.4. The summed E-state index contributed by atoms with van der Waals surface area (Å²) >= 11 is 0. The number of hydrogen-bond acceptors (Lipinski definition) is 4. The van der Waals surface area contributed by atoms with Crippen molar-refractivity contribution in [3.05, 3.63) is 58.7 Å². The molecule has 0 radical (unpaired) electrons. The van der Waals surface area contributed by atoms with Gasteiger partial charge in [-0.3, -0.25) is 0 Å². The van der Waals surface area contributed by atoms with Gasteiger partial charge >= 0.3 is 6.03 Å². The standard InChI is InChI=1S/C24H32N2O4/c1-14(27)18-12-16(24(2,3)4)13-20(22(18)30-6)26-23(28)25-19-11-15-9-7-8-10-17(15)21(19)29-5/h7-10,12-14,19,21,27H,11H2,1-6H3,(H2,25,26,28)/t14-,19-,21+/m0/s1. The number of ether oxygens (including phenoxy) is 2. The van der Waals surface area contributed by atoms with E-state index in [0.29, 0.717) is 23.4 Å². The van der Waals surface area contributed by atoms with Gasteiger partial charge in [0.25, 0.3) is 0 Å². The lowest BCUT2D eigenvalue weighted by Gasteiger charge is -2.25. The van der Waals surface area contributed by atoms with Crippen molar-refractivity contribution in [2.45, 2.75) is 57.8 Å². The number of anilines is 1. The highest BCUT2D eigenvalue weighted by molar-refractivity contribution is 5.92. The molecule has 2 aromatic carbocycles. The maximum atomic E-state index is 12.9. The smallest absolute Gasteiger partial charge is 0.319 e. The van der Waals surface area contributed by atoms with Crippen LogP contribution in [0.15, 0.2) is 36.4 Å². The maximum absolute atomic E-state index is 12.9. The van der Waals surface area contributed by atoms with Gasteiger partial charge in [0, 0.05) is 12.7 Å². The van der Waals surface area contributed by atoms with E-state index in [1.165, 1.54) is 12.7 Å². The SMILES string of the molecule is COc1c(NC(=O)N[C@H]2Cc3ccccc3[C@H]2OC)cc(C(C)(C)C)cc1[C@H](C)O. The predicted octanol–water partition coefficient (Wildman–Crippen LogP) is 4.48. The van der Waals surface area contributed by atoms with Crippen LogP contribution in [0.25, 0.3) is 0 Å². The molecule has 0 aromatic heterocycles. The molecule has 0 spiro atoms. The molecule has 6 heteroatoms. The van der Waals surface area contributed by atoms with E-state index in [2.05, 4.69) is 37.5 Å². The van der Waals surface area contributed by atoms with Crippen molar-refractivity contribution in [2.75, 3.05) is 19.5 Å². The fourth-order valence-corrected chi connectivity index (χ4v) is 4.02. The van der Waals surface area contributed by atoms with Crippen LogP contribution in [0, 0.1) is 0 Å². The first-order valence-electron chi connectivity index (χ1n) is 10.2. The minimum absolute atomic E-state index is 0.156. The van der Waals surface area contributed by atoms with E-state index in [-0.39, 0.29) is 23.6 Å². The Balaban J connectivity index is 1.85. The Morgan fingerprint density at radius 3 is 2.50 bits per heavy atom. The molecule has 0 saturated heterocycles. The van der Waals surface area contributed by atoms with Crippen LogP contribution in [0.5, 0.6) is 5.75 Å². The van der Waals surface area contributed by atoms with Crippen LogP contribution in [0.1, 0.15) is 62.2 Å². The average molecular weight is 413 g/mol. The number of hydrogen-bond donors (Lipinski definition) is 3. The van der Waals surface area contributed by atoms with Gasteiger partial charge < -0.3 is 25.2 Å². The molecule has 3 rings (SSSR count). The van der Waals surface area contributed by atoms with Crippen molar-refractivity contribution >= 4 is 11.7 Å². The molecule has 1 aliphatic rings. The first-order valence-corrected chi connectivity index (χ1v) is 10.2. The van der Waals surface area contributed by atoms with Crippen molar-refractivity contribution in [3.63, 3.8) is 0 Å². The Bertz CT molecular complexity index is 918. The molecule has 0 aliphatic heterocycles. The van der Waals surface area contributed by atoms with Crippen LogP contribution >= 0.6 is 0 Å². The Kier molecular flexibility index (Phi) is 6.38. The Morgan fingerprint density at radius 2 is 1.90 bits per heavy atom. The summed E-state index contributed by atoms with van der Waals surface area (Å²) < 4.78 is 11.2. The highest BCUT2D eigenvalue weighted by atomic mass is 16.5. The van der Waals surface area contributed by atoms with Crippen molar-refractivity contribution in [1.29, 1.82) is 0 Å². The predicted molar refractivity (Wildman–Crippen MR) is 118 cm³/mol. The molecule has 3 N–H and O–H groups in total. The molecule has 2 aromatic rings. The number of urea groups is 1. The molecule has 1 aliphatic carbocycles. The zero-order valence-electron chi connectivity index (χ0n) is 18.6. The third-order valence-corrected chi connectivity index (χ3v) is 5.62. The largest absolute Gasteiger partial charge is 0.494 e. The number of aliphatic hydroxyl groups excluding tert-OH is 1. The van der Waals surface area contributed by atoms with E-state index < -0.39 is 6.10 Å². The minimum atomic E-state index is -0.729. The molecule has 30 heavy (non-hydrogen) atoms. The van der Waals surface area contributed by atoms with Gasteiger partial charge in [-0.2, -0.15) is 0 Å². The molecular formula is C24H32N2O4. The minimum Gasteiger partial charge on any atom is -0.494 e. The average Bonchev–Trinajstić information content (AvgIpc) is 3.03. The first kappa shape index (κ1) is 22.1. The van der Waals surface area contributed by atoms with Gasteiger partial charge in [0.2, 0.25) is 0 Å². The van der Waals surface area contributed by atoms with Crippen LogP contribution in [-0.2, 0) is 16.6 Å². The topological polar surface area (TPSA) is 79.8 Å². The number of nitrogens with one attached hydrogen (secondary N) is 2. The number of aliphatic hydroxyl groups is 1. The van der Waals surface area contributed by atoms with Crippen molar-refractivity contribution in [3.8, 4) is 5.75 Å². The molecule has 6 nitrogen and oxygen atoms in total. The number of rotatable bonds is 5. The van der Waals surface area contributed by atoms with Gasteiger partial charge in [-0.25, -0.2) is 4.79 Å². The van der Waals surface area contributed by atoms with Gasteiger partial charge in [0.1, 0.15) is 11.9 Å². The third-order valence-electron chi connectivity index (χ3n) is 5.62. The Hall–Kier alpha value is -2.57.